The number of carbonyl (C=O) groups excluding carboxylic acids is 5. The molecule has 2 aromatic carbocycles. The molecule has 2 atom stereocenters. The zero-order valence-electron chi connectivity index (χ0n) is 38.6. The van der Waals surface area contributed by atoms with Crippen molar-refractivity contribution in [3.8, 4) is 11.1 Å². The predicted octanol–water partition coefficient (Wildman–Crippen LogP) is 3.84. The lowest BCUT2D eigenvalue weighted by atomic mass is 10.0. The minimum Gasteiger partial charge on any atom is -0.481 e. The topological polar surface area (TPSA) is 262 Å². The lowest BCUT2D eigenvalue weighted by molar-refractivity contribution is -0.147. The fraction of sp³-hybridized carbons (Fsp3) is 0.457. The Hall–Kier alpha value is -6.35. The van der Waals surface area contributed by atoms with Gasteiger partial charge in [0.15, 0.2) is 11.6 Å². The first-order chi connectivity index (χ1) is 32.4. The lowest BCUT2D eigenvalue weighted by Gasteiger charge is -2.26. The largest absolute Gasteiger partial charge is 0.481 e. The summed E-state index contributed by atoms with van der Waals surface area (Å²) in [5.41, 5.74) is 4.96. The SMILES string of the molecule is CNC(=O)[C@@H](NC(=O)CCCN1CCc2c(nc(C(=O)Nc3cccc(-c4cccc(NC(=O)c5nc6c(n5C)CCN(CCCC(=O)N[C@@H](CC(=O)O)C(=O)O)C6)c4Cl)c3Cl)n2C)C1)C(C)C. The van der Waals surface area contributed by atoms with Crippen molar-refractivity contribution in [2.45, 2.75) is 84.0 Å². The van der Waals surface area contributed by atoms with Gasteiger partial charge in [0.25, 0.3) is 11.8 Å². The van der Waals surface area contributed by atoms with E-state index in [2.05, 4.69) is 41.4 Å². The zero-order valence-corrected chi connectivity index (χ0v) is 40.1. The van der Waals surface area contributed by atoms with Crippen molar-refractivity contribution in [1.82, 2.24) is 44.9 Å². The molecule has 68 heavy (non-hydrogen) atoms. The molecule has 0 spiro atoms. The van der Waals surface area contributed by atoms with E-state index in [1.54, 1.807) is 66.7 Å². The van der Waals surface area contributed by atoms with Crippen LogP contribution in [0.2, 0.25) is 10.0 Å². The molecule has 2 aliphatic heterocycles. The molecule has 0 fully saturated rings. The highest BCUT2D eigenvalue weighted by Gasteiger charge is 2.29. The molecule has 4 aromatic rings. The Balaban J connectivity index is 1.05. The van der Waals surface area contributed by atoms with E-state index in [0.717, 1.165) is 23.6 Å². The summed E-state index contributed by atoms with van der Waals surface area (Å²) < 4.78 is 3.52. The van der Waals surface area contributed by atoms with Gasteiger partial charge in [-0.1, -0.05) is 61.3 Å². The highest BCUT2D eigenvalue weighted by Crippen LogP contribution is 2.40. The molecule has 7 N–H and O–H groups in total. The molecule has 0 bridgehead atoms. The maximum absolute atomic E-state index is 13.8. The van der Waals surface area contributed by atoms with Crippen LogP contribution in [0.15, 0.2) is 36.4 Å². The number of benzene rings is 2. The van der Waals surface area contributed by atoms with Gasteiger partial charge in [0.05, 0.1) is 39.2 Å². The molecular formula is C46H57Cl2N11O9. The Morgan fingerprint density at radius 2 is 1.16 bits per heavy atom. The first kappa shape index (κ1) is 51.0. The smallest absolute Gasteiger partial charge is 0.326 e. The Labute approximate surface area is 403 Å². The molecular weight excluding hydrogens is 921 g/mol. The van der Waals surface area contributed by atoms with E-state index in [4.69, 9.17) is 33.3 Å². The number of halogens is 2. The molecule has 4 heterocycles. The van der Waals surface area contributed by atoms with E-state index in [1.807, 2.05) is 13.8 Å². The van der Waals surface area contributed by atoms with E-state index < -0.39 is 48.2 Å². The molecule has 0 saturated heterocycles. The number of hydrogen-bond donors (Lipinski definition) is 7. The first-order valence-electron chi connectivity index (χ1n) is 22.3. The van der Waals surface area contributed by atoms with Gasteiger partial charge in [0, 0.05) is 95.5 Å². The number of likely N-dealkylation sites (N-methyl/N-ethyl adjacent to an activating group) is 1. The highest BCUT2D eigenvalue weighted by atomic mass is 35.5. The van der Waals surface area contributed by atoms with Gasteiger partial charge in [-0.3, -0.25) is 38.6 Å². The van der Waals surface area contributed by atoms with E-state index in [0.29, 0.717) is 86.6 Å². The number of anilines is 2. The highest BCUT2D eigenvalue weighted by molar-refractivity contribution is 6.40. The number of hydrogen-bond acceptors (Lipinski definition) is 11. The van der Waals surface area contributed by atoms with Crippen molar-refractivity contribution in [1.29, 1.82) is 0 Å². The molecule has 2 aromatic heterocycles. The second kappa shape index (κ2) is 22.6. The number of rotatable bonds is 20. The van der Waals surface area contributed by atoms with Crippen LogP contribution in [-0.2, 0) is 64.0 Å². The second-order valence-corrected chi connectivity index (χ2v) is 18.0. The quantitative estimate of drug-likeness (QED) is 0.0665. The van der Waals surface area contributed by atoms with E-state index in [-0.39, 0.29) is 52.3 Å². The number of aromatic nitrogens is 4. The lowest BCUT2D eigenvalue weighted by Crippen LogP contribution is -2.48. The summed E-state index contributed by atoms with van der Waals surface area (Å²) in [5, 5.41) is 32.0. The van der Waals surface area contributed by atoms with Crippen LogP contribution in [0, 0.1) is 5.92 Å². The van der Waals surface area contributed by atoms with Gasteiger partial charge in [0.1, 0.15) is 12.1 Å². The maximum Gasteiger partial charge on any atom is 0.326 e. The van der Waals surface area contributed by atoms with Crippen LogP contribution in [-0.4, -0.2) is 126 Å². The number of aliphatic carboxylic acids is 2. The average Bonchev–Trinajstić information content (AvgIpc) is 3.81. The predicted molar refractivity (Wildman–Crippen MR) is 253 cm³/mol. The van der Waals surface area contributed by atoms with Crippen molar-refractivity contribution in [2.24, 2.45) is 20.0 Å². The van der Waals surface area contributed by atoms with Crippen molar-refractivity contribution in [3.63, 3.8) is 0 Å². The van der Waals surface area contributed by atoms with E-state index >= 15 is 0 Å². The summed E-state index contributed by atoms with van der Waals surface area (Å²) >= 11 is 13.9. The summed E-state index contributed by atoms with van der Waals surface area (Å²) in [6.45, 7) is 7.19. The summed E-state index contributed by atoms with van der Waals surface area (Å²) in [6.07, 6.45) is 1.80. The standard InChI is InChI=1S/C46H57Cl2N11O9/c1-25(2)40(43(64)49-3)55-36(61)15-9-19-59-21-17-34-32(24-59)52-42(57(34)5)45(66)54-29-13-7-11-27(39(29)48)26-10-6-12-28(38(26)47)53-44(65)41-51-31-23-58(20-16-33(31)56(41)4)18-8-14-35(60)50-30(46(67)68)22-37(62)63/h6-7,10-13,25,30,40H,8-9,14-24H2,1-5H3,(H,49,64)(H,50,60)(H,53,65)(H,54,66)(H,55,61)(H,62,63)(H,67,68)/t30-,40-/m0/s1. The van der Waals surface area contributed by atoms with Crippen molar-refractivity contribution >= 4 is 76.1 Å². The summed E-state index contributed by atoms with van der Waals surface area (Å²) in [7, 11) is 5.10. The average molecular weight is 979 g/mol. The first-order valence-corrected chi connectivity index (χ1v) is 23.1. The summed E-state index contributed by atoms with van der Waals surface area (Å²) in [4.78, 5) is 100. The Kier molecular flexibility index (Phi) is 17.0. The molecule has 0 aliphatic carbocycles. The minimum atomic E-state index is -1.51. The van der Waals surface area contributed by atoms with Crippen molar-refractivity contribution in [3.05, 3.63) is 80.9 Å². The third-order valence-corrected chi connectivity index (χ3v) is 13.0. The number of nitrogens with zero attached hydrogens (tertiary/aromatic N) is 6. The number of nitrogens with one attached hydrogen (secondary N) is 5. The molecule has 0 unspecified atom stereocenters. The van der Waals surface area contributed by atoms with Gasteiger partial charge in [0.2, 0.25) is 17.7 Å². The number of imidazole rings is 2. The van der Waals surface area contributed by atoms with Crippen LogP contribution in [0.25, 0.3) is 11.1 Å². The third kappa shape index (κ3) is 12.2. The molecule has 20 nitrogen and oxygen atoms in total. The Bertz CT molecular complexity index is 2590. The molecule has 2 aliphatic rings. The second-order valence-electron chi connectivity index (χ2n) is 17.2. The minimum absolute atomic E-state index is 0.00941. The number of carboxylic acid groups (broad SMARTS) is 2. The Morgan fingerprint density at radius 3 is 1.57 bits per heavy atom. The van der Waals surface area contributed by atoms with Crippen molar-refractivity contribution < 1.29 is 43.8 Å². The number of carbonyl (C=O) groups is 7. The molecule has 6 rings (SSSR count). The summed E-state index contributed by atoms with van der Waals surface area (Å²) in [5.74, 6) is -4.33. The van der Waals surface area contributed by atoms with Gasteiger partial charge < -0.3 is 45.9 Å². The number of fused-ring (bicyclic) bond motifs is 2. The molecule has 0 radical (unpaired) electrons. The molecule has 5 amide bonds. The van der Waals surface area contributed by atoms with Gasteiger partial charge in [-0.15, -0.1) is 0 Å². The molecule has 364 valence electrons. The number of carboxylic acids is 2. The Morgan fingerprint density at radius 1 is 0.706 bits per heavy atom. The zero-order chi connectivity index (χ0) is 49.4. The van der Waals surface area contributed by atoms with Crippen LogP contribution in [0.5, 0.6) is 0 Å². The van der Waals surface area contributed by atoms with Crippen LogP contribution >= 0.6 is 23.2 Å². The fourth-order valence-electron chi connectivity index (χ4n) is 8.49. The third-order valence-electron chi connectivity index (χ3n) is 12.1. The monoisotopic (exact) mass is 977 g/mol. The van der Waals surface area contributed by atoms with Crippen LogP contribution in [0.3, 0.4) is 0 Å². The normalized spacial score (nSPS) is 14.6. The van der Waals surface area contributed by atoms with Crippen molar-refractivity contribution in [2.75, 3.05) is 43.9 Å². The molecule has 0 saturated carbocycles. The molecule has 22 heteroatoms. The summed E-state index contributed by atoms with van der Waals surface area (Å²) in [6, 6.07) is 8.18. The van der Waals surface area contributed by atoms with E-state index in [9.17, 15) is 38.7 Å². The maximum atomic E-state index is 13.8. The van der Waals surface area contributed by atoms with Gasteiger partial charge >= 0.3 is 11.9 Å². The van der Waals surface area contributed by atoms with Gasteiger partial charge in [-0.2, -0.15) is 0 Å². The van der Waals surface area contributed by atoms with Gasteiger partial charge in [-0.25, -0.2) is 14.8 Å². The van der Waals surface area contributed by atoms with Crippen LogP contribution in [0.1, 0.15) is 90.0 Å². The van der Waals surface area contributed by atoms with Gasteiger partial charge in [-0.05, 0) is 44.0 Å². The van der Waals surface area contributed by atoms with Crippen LogP contribution in [0.4, 0.5) is 11.4 Å². The van der Waals surface area contributed by atoms with E-state index in [1.165, 1.54) is 0 Å². The van der Waals surface area contributed by atoms with Crippen LogP contribution < -0.4 is 26.6 Å². The fourth-order valence-corrected chi connectivity index (χ4v) is 9.04. The number of amides is 5.